The molecule has 0 aromatic rings. The zero-order valence-corrected chi connectivity index (χ0v) is 31.3. The summed E-state index contributed by atoms with van der Waals surface area (Å²) in [5, 5.41) is 11.4. The number of Topliss-reactive ketones (excluding diaryl/α,β-unsaturated/α-hetero) is 1. The van der Waals surface area contributed by atoms with Crippen LogP contribution in [-0.4, -0.2) is 89.6 Å². The first-order chi connectivity index (χ1) is 22.0. The van der Waals surface area contributed by atoms with Gasteiger partial charge in [-0.1, -0.05) is 67.2 Å². The lowest BCUT2D eigenvalue weighted by atomic mass is 9.83. The number of carbonyl (C=O) groups is 5. The van der Waals surface area contributed by atoms with Crippen LogP contribution in [0.25, 0.3) is 0 Å². The van der Waals surface area contributed by atoms with Gasteiger partial charge in [0.05, 0.1) is 22.1 Å². The predicted molar refractivity (Wildman–Crippen MR) is 184 cm³/mol. The Labute approximate surface area is 287 Å². The molecule has 3 aliphatic carbocycles. The number of hydrogen-bond donors (Lipinski definition) is 4. The lowest BCUT2D eigenvalue weighted by Crippen LogP contribution is -2.64. The van der Waals surface area contributed by atoms with Gasteiger partial charge in [0.1, 0.15) is 12.1 Å². The van der Waals surface area contributed by atoms with Crippen LogP contribution in [0.3, 0.4) is 0 Å². The molecule has 0 bridgehead atoms. The van der Waals surface area contributed by atoms with E-state index < -0.39 is 73.2 Å². The highest BCUT2D eigenvalue weighted by Crippen LogP contribution is 2.65. The smallest absolute Gasteiger partial charge is 0.315 e. The van der Waals surface area contributed by atoms with Gasteiger partial charge in [0.15, 0.2) is 9.84 Å². The third kappa shape index (κ3) is 8.18. The number of nitrogens with one attached hydrogen (secondary N) is 4. The van der Waals surface area contributed by atoms with E-state index in [0.717, 1.165) is 32.1 Å². The van der Waals surface area contributed by atoms with Crippen molar-refractivity contribution in [3.05, 3.63) is 0 Å². The maximum atomic E-state index is 14.4. The second-order valence-electron chi connectivity index (χ2n) is 17.5. The molecule has 0 radical (unpaired) electrons. The summed E-state index contributed by atoms with van der Waals surface area (Å²) in [6, 6.07) is -3.50. The van der Waals surface area contributed by atoms with Crippen LogP contribution in [0.1, 0.15) is 120 Å². The van der Waals surface area contributed by atoms with E-state index in [4.69, 9.17) is 0 Å². The number of hydrogen-bond acceptors (Lipinski definition) is 7. The summed E-state index contributed by atoms with van der Waals surface area (Å²) < 4.78 is 25.6. The number of ketones is 1. The Morgan fingerprint density at radius 2 is 1.52 bits per heavy atom. The van der Waals surface area contributed by atoms with Crippen LogP contribution in [-0.2, 0) is 29.0 Å². The van der Waals surface area contributed by atoms with Gasteiger partial charge in [-0.2, -0.15) is 0 Å². The molecule has 5 atom stereocenters. The van der Waals surface area contributed by atoms with Gasteiger partial charge >= 0.3 is 6.03 Å². The molecule has 1 heterocycles. The molecule has 2 unspecified atom stereocenters. The molecule has 0 spiro atoms. The fourth-order valence-electron chi connectivity index (χ4n) is 7.61. The summed E-state index contributed by atoms with van der Waals surface area (Å²) in [6.07, 6.45) is 6.10. The molecular weight excluding hydrogens is 634 g/mol. The van der Waals surface area contributed by atoms with Crippen LogP contribution in [0.4, 0.5) is 4.79 Å². The summed E-state index contributed by atoms with van der Waals surface area (Å²) in [7, 11) is -3.56. The predicted octanol–water partition coefficient (Wildman–Crippen LogP) is 3.23. The van der Waals surface area contributed by atoms with Gasteiger partial charge in [-0.15, -0.1) is 0 Å². The van der Waals surface area contributed by atoms with Crippen molar-refractivity contribution in [2.45, 2.75) is 155 Å². The lowest BCUT2D eigenvalue weighted by Gasteiger charge is -2.41. The Kier molecular flexibility index (Phi) is 10.8. The first kappa shape index (κ1) is 38.1. The SMILES string of the molecule is CCCC(NC(=O)[C@@H]1[C@@H]2[C@H](CN1C(=O)C(NC(=O)NC1(CS(=O)(=O)C(C)(C)C)CCCCC1)C(C)(C)C)C2(C)C)C(=O)C(=O)NC1CC1. The number of fused-ring (bicyclic) bond motifs is 1. The number of rotatable bonds is 12. The van der Waals surface area contributed by atoms with E-state index in [1.807, 2.05) is 27.7 Å². The molecule has 0 aromatic heterocycles. The number of carbonyl (C=O) groups excluding carboxylic acids is 5. The number of urea groups is 1. The van der Waals surface area contributed by atoms with Crippen LogP contribution in [0.2, 0.25) is 0 Å². The normalized spacial score (nSPS) is 26.0. The minimum atomic E-state index is -3.56. The highest BCUT2D eigenvalue weighted by Gasteiger charge is 2.70. The number of sulfone groups is 1. The average molecular weight is 694 g/mol. The van der Waals surface area contributed by atoms with Crippen molar-refractivity contribution in [1.82, 2.24) is 26.2 Å². The molecule has 1 aliphatic heterocycles. The number of piperidine rings is 1. The monoisotopic (exact) mass is 693 g/mol. The molecule has 4 fully saturated rings. The largest absolute Gasteiger partial charge is 0.347 e. The van der Waals surface area contributed by atoms with Crippen molar-refractivity contribution < 1.29 is 32.4 Å². The van der Waals surface area contributed by atoms with E-state index in [1.54, 1.807) is 20.8 Å². The van der Waals surface area contributed by atoms with Gasteiger partial charge in [-0.3, -0.25) is 19.2 Å². The van der Waals surface area contributed by atoms with Crippen LogP contribution < -0.4 is 21.3 Å². The Bertz CT molecular complexity index is 1390. The van der Waals surface area contributed by atoms with Crippen LogP contribution in [0.5, 0.6) is 0 Å². The molecule has 4 rings (SSSR count). The van der Waals surface area contributed by atoms with Crippen LogP contribution in [0, 0.1) is 22.7 Å². The molecule has 4 N–H and O–H groups in total. The average Bonchev–Trinajstić information content (AvgIpc) is 3.81. The van der Waals surface area contributed by atoms with E-state index in [0.29, 0.717) is 32.2 Å². The van der Waals surface area contributed by atoms with E-state index in [2.05, 4.69) is 35.1 Å². The number of amides is 5. The maximum absolute atomic E-state index is 14.4. The summed E-state index contributed by atoms with van der Waals surface area (Å²) in [5.41, 5.74) is -1.90. The molecule has 272 valence electrons. The molecule has 12 nitrogen and oxygen atoms in total. The van der Waals surface area contributed by atoms with E-state index in [1.165, 1.54) is 4.90 Å². The fraction of sp³-hybridized carbons (Fsp3) is 0.857. The molecule has 48 heavy (non-hydrogen) atoms. The van der Waals surface area contributed by atoms with Gasteiger partial charge in [0.2, 0.25) is 17.6 Å². The molecule has 0 aromatic carbocycles. The van der Waals surface area contributed by atoms with E-state index >= 15 is 0 Å². The molecule has 13 heteroatoms. The Morgan fingerprint density at radius 3 is 2.04 bits per heavy atom. The zero-order valence-electron chi connectivity index (χ0n) is 30.5. The Hall–Kier alpha value is -2.70. The van der Waals surface area contributed by atoms with Gasteiger partial charge in [-0.25, -0.2) is 13.2 Å². The van der Waals surface area contributed by atoms with Gasteiger partial charge in [0.25, 0.3) is 5.91 Å². The molecular formula is C35H59N5O7S. The summed E-state index contributed by atoms with van der Waals surface area (Å²) in [6.45, 7) is 16.8. The van der Waals surface area contributed by atoms with Gasteiger partial charge < -0.3 is 26.2 Å². The van der Waals surface area contributed by atoms with Crippen molar-refractivity contribution >= 4 is 39.4 Å². The first-order valence-corrected chi connectivity index (χ1v) is 19.5. The maximum Gasteiger partial charge on any atom is 0.315 e. The van der Waals surface area contributed by atoms with Crippen LogP contribution >= 0.6 is 0 Å². The minimum Gasteiger partial charge on any atom is -0.347 e. The third-order valence-corrected chi connectivity index (χ3v) is 13.9. The lowest BCUT2D eigenvalue weighted by molar-refractivity contribution is -0.145. The minimum absolute atomic E-state index is 0.00492. The quantitative estimate of drug-likeness (QED) is 0.227. The topological polar surface area (TPSA) is 171 Å². The number of nitrogens with zero attached hydrogens (tertiary/aromatic N) is 1. The van der Waals surface area contributed by atoms with E-state index in [9.17, 15) is 32.4 Å². The third-order valence-electron chi connectivity index (χ3n) is 11.1. The highest BCUT2D eigenvalue weighted by atomic mass is 32.2. The highest BCUT2D eigenvalue weighted by molar-refractivity contribution is 7.92. The Balaban J connectivity index is 1.54. The second kappa shape index (κ2) is 13.5. The molecule has 1 saturated heterocycles. The van der Waals surface area contributed by atoms with Crippen molar-refractivity contribution in [3.8, 4) is 0 Å². The van der Waals surface area contributed by atoms with Crippen molar-refractivity contribution in [2.24, 2.45) is 22.7 Å². The summed E-state index contributed by atoms with van der Waals surface area (Å²) in [4.78, 5) is 69.3. The van der Waals surface area contributed by atoms with Crippen LogP contribution in [0.15, 0.2) is 0 Å². The summed E-state index contributed by atoms with van der Waals surface area (Å²) in [5.74, 6) is -2.53. The zero-order chi connectivity index (χ0) is 36.0. The van der Waals surface area contributed by atoms with Crippen molar-refractivity contribution in [2.75, 3.05) is 12.3 Å². The van der Waals surface area contributed by atoms with Crippen molar-refractivity contribution in [3.63, 3.8) is 0 Å². The second-order valence-corrected chi connectivity index (χ2v) is 20.2. The molecule has 4 aliphatic rings. The van der Waals surface area contributed by atoms with Gasteiger partial charge in [0, 0.05) is 12.6 Å². The first-order valence-electron chi connectivity index (χ1n) is 17.8. The Morgan fingerprint density at radius 1 is 0.917 bits per heavy atom. The fourth-order valence-corrected chi connectivity index (χ4v) is 9.13. The van der Waals surface area contributed by atoms with Gasteiger partial charge in [-0.05, 0) is 75.5 Å². The van der Waals surface area contributed by atoms with Crippen molar-refractivity contribution in [1.29, 1.82) is 0 Å². The molecule has 5 amide bonds. The molecule has 3 saturated carbocycles. The summed E-state index contributed by atoms with van der Waals surface area (Å²) >= 11 is 0. The van der Waals surface area contributed by atoms with E-state index in [-0.39, 0.29) is 29.0 Å². The number of likely N-dealkylation sites (tertiary alicyclic amines) is 1. The standard InChI is InChI=1S/C35H59N5O7S/c1-10-14-23(26(41)29(43)36-21-15-16-21)37-28(42)25-24-22(34(24,8)9)19-40(25)30(44)27(32(2,3)4)38-31(45)39-35(17-12-11-13-18-35)20-48(46,47)33(5,6)7/h21-25,27H,10-20H2,1-9H3,(H,36,43)(H,37,42)(H2,38,39,45)/t22-,23?,24-,25-,27?/m0/s1.